The van der Waals surface area contributed by atoms with Crippen molar-refractivity contribution in [3.63, 3.8) is 0 Å². The number of nitrogens with zero attached hydrogens (tertiary/aromatic N) is 4. The average Bonchev–Trinajstić information content (AvgIpc) is 2.92. The standard InChI is InChI=1S/C27H38N6O3/c1-20(2)27(34)33-14-17-36-23(19-33)18-30-26-25(29-11-10-28-3)9-8-24(31-26)21-4-6-22(7-5-21)32-12-15-35-16-13-32/h4-8,10-11,20,23,28H,9,12-19H2,1-3H3,(H,30,31)/b11-10-,29-25+/t23-/m1/s1. The Kier molecular flexibility index (Phi) is 9.13. The fraction of sp³-hybridized carbons (Fsp3) is 0.519. The van der Waals surface area contributed by atoms with Crippen molar-refractivity contribution in [2.24, 2.45) is 15.9 Å². The van der Waals surface area contributed by atoms with Gasteiger partial charge in [0, 0.05) is 75.8 Å². The van der Waals surface area contributed by atoms with Gasteiger partial charge in [-0.1, -0.05) is 32.1 Å². The molecule has 3 aliphatic heterocycles. The van der Waals surface area contributed by atoms with E-state index in [0.29, 0.717) is 32.7 Å². The number of hydrogen-bond donors (Lipinski definition) is 2. The van der Waals surface area contributed by atoms with Crippen molar-refractivity contribution in [1.82, 2.24) is 15.5 Å². The van der Waals surface area contributed by atoms with Gasteiger partial charge in [0.05, 0.1) is 37.3 Å². The second-order valence-corrected chi connectivity index (χ2v) is 9.39. The Morgan fingerprint density at radius 2 is 1.97 bits per heavy atom. The molecule has 194 valence electrons. The van der Waals surface area contributed by atoms with Gasteiger partial charge in [-0.3, -0.25) is 9.79 Å². The number of allylic oxidation sites excluding steroid dienone is 1. The topological polar surface area (TPSA) is 90.8 Å². The van der Waals surface area contributed by atoms with E-state index in [-0.39, 0.29) is 17.9 Å². The van der Waals surface area contributed by atoms with Gasteiger partial charge in [-0.25, -0.2) is 4.99 Å². The van der Waals surface area contributed by atoms with Crippen molar-refractivity contribution in [2.45, 2.75) is 26.4 Å². The largest absolute Gasteiger partial charge is 0.393 e. The summed E-state index contributed by atoms with van der Waals surface area (Å²) in [6.45, 7) is 9.56. The van der Waals surface area contributed by atoms with Crippen LogP contribution in [0.3, 0.4) is 0 Å². The minimum absolute atomic E-state index is 0.0144. The van der Waals surface area contributed by atoms with Gasteiger partial charge in [-0.15, -0.1) is 0 Å². The molecule has 0 aliphatic carbocycles. The van der Waals surface area contributed by atoms with Gasteiger partial charge in [0.2, 0.25) is 5.91 Å². The first-order valence-corrected chi connectivity index (χ1v) is 12.8. The predicted molar refractivity (Wildman–Crippen MR) is 144 cm³/mol. The van der Waals surface area contributed by atoms with Gasteiger partial charge in [-0.2, -0.15) is 0 Å². The van der Waals surface area contributed by atoms with Gasteiger partial charge in [-0.05, 0) is 12.1 Å². The monoisotopic (exact) mass is 494 g/mol. The normalized spacial score (nSPS) is 22.1. The fourth-order valence-electron chi connectivity index (χ4n) is 4.44. The van der Waals surface area contributed by atoms with Crippen LogP contribution in [0, 0.1) is 5.92 Å². The molecule has 2 saturated heterocycles. The van der Waals surface area contributed by atoms with E-state index >= 15 is 0 Å². The molecular weight excluding hydrogens is 456 g/mol. The van der Waals surface area contributed by atoms with Crippen LogP contribution in [0.1, 0.15) is 25.8 Å². The average molecular weight is 495 g/mol. The lowest BCUT2D eigenvalue weighted by molar-refractivity contribution is -0.141. The third-order valence-electron chi connectivity index (χ3n) is 6.45. The van der Waals surface area contributed by atoms with E-state index in [4.69, 9.17) is 14.5 Å². The molecule has 1 aromatic rings. The minimum Gasteiger partial charge on any atom is -0.393 e. The molecule has 9 nitrogen and oxygen atoms in total. The van der Waals surface area contributed by atoms with Crippen LogP contribution in [0.2, 0.25) is 0 Å². The van der Waals surface area contributed by atoms with E-state index in [1.807, 2.05) is 25.8 Å². The quantitative estimate of drug-likeness (QED) is 0.605. The number of aliphatic imine (C=N–C) groups is 2. The van der Waals surface area contributed by atoms with Crippen LogP contribution in [-0.4, -0.2) is 88.1 Å². The molecule has 1 amide bonds. The van der Waals surface area contributed by atoms with E-state index in [2.05, 4.69) is 50.9 Å². The van der Waals surface area contributed by atoms with Gasteiger partial charge in [0.15, 0.2) is 0 Å². The van der Waals surface area contributed by atoms with Crippen molar-refractivity contribution in [1.29, 1.82) is 0 Å². The van der Waals surface area contributed by atoms with Crippen LogP contribution >= 0.6 is 0 Å². The van der Waals surface area contributed by atoms with E-state index in [1.165, 1.54) is 5.69 Å². The highest BCUT2D eigenvalue weighted by molar-refractivity contribution is 6.43. The van der Waals surface area contributed by atoms with Crippen molar-refractivity contribution in [3.05, 3.63) is 48.3 Å². The summed E-state index contributed by atoms with van der Waals surface area (Å²) in [5, 5.41) is 6.42. The number of amides is 1. The molecule has 2 N–H and O–H groups in total. The Bertz CT molecular complexity index is 1010. The van der Waals surface area contributed by atoms with Crippen LogP contribution in [0.25, 0.3) is 5.70 Å². The zero-order valence-corrected chi connectivity index (χ0v) is 21.6. The van der Waals surface area contributed by atoms with Crippen molar-refractivity contribution in [3.8, 4) is 0 Å². The maximum Gasteiger partial charge on any atom is 0.225 e. The van der Waals surface area contributed by atoms with E-state index in [1.54, 1.807) is 12.4 Å². The number of morpholine rings is 2. The van der Waals surface area contributed by atoms with Crippen LogP contribution in [-0.2, 0) is 14.3 Å². The van der Waals surface area contributed by atoms with E-state index in [9.17, 15) is 4.79 Å². The summed E-state index contributed by atoms with van der Waals surface area (Å²) >= 11 is 0. The lowest BCUT2D eigenvalue weighted by atomic mass is 10.1. The molecule has 0 spiro atoms. The first-order valence-electron chi connectivity index (χ1n) is 12.8. The number of carbonyl (C=O) groups excluding carboxylic acids is 1. The Labute approximate surface area is 213 Å². The molecule has 2 fully saturated rings. The van der Waals surface area contributed by atoms with Crippen LogP contribution in [0.15, 0.2) is 52.7 Å². The SMILES string of the molecule is CN/C=C\N=C1/CC=C(c2ccc(N3CCOCC3)cc2)N=C1NC[C@@H]1CN(C(=O)C(C)C)CCO1. The Balaban J connectivity index is 1.46. The number of carbonyl (C=O) groups is 1. The minimum atomic E-state index is -0.0968. The van der Waals surface area contributed by atoms with Crippen molar-refractivity contribution in [2.75, 3.05) is 64.5 Å². The third-order valence-corrected chi connectivity index (χ3v) is 6.45. The molecule has 9 heteroatoms. The Morgan fingerprint density at radius 1 is 1.19 bits per heavy atom. The number of benzene rings is 1. The molecule has 3 heterocycles. The summed E-state index contributed by atoms with van der Waals surface area (Å²) in [7, 11) is 1.84. The molecule has 1 aromatic carbocycles. The number of amidine groups is 1. The molecule has 0 saturated carbocycles. The number of hydrogen-bond acceptors (Lipinski definition) is 8. The second kappa shape index (κ2) is 12.7. The number of ether oxygens (including phenoxy) is 2. The molecule has 0 unspecified atom stereocenters. The number of rotatable bonds is 7. The smallest absolute Gasteiger partial charge is 0.225 e. The van der Waals surface area contributed by atoms with Crippen molar-refractivity contribution < 1.29 is 14.3 Å². The molecule has 3 aliphatic rings. The van der Waals surface area contributed by atoms with Crippen LogP contribution in [0.5, 0.6) is 0 Å². The fourth-order valence-corrected chi connectivity index (χ4v) is 4.44. The van der Waals surface area contributed by atoms with Crippen LogP contribution in [0.4, 0.5) is 5.69 Å². The maximum absolute atomic E-state index is 12.4. The highest BCUT2D eigenvalue weighted by Gasteiger charge is 2.26. The predicted octanol–water partition coefficient (Wildman–Crippen LogP) is 2.27. The molecule has 36 heavy (non-hydrogen) atoms. The molecule has 1 atom stereocenters. The summed E-state index contributed by atoms with van der Waals surface area (Å²) in [4.78, 5) is 26.2. The second-order valence-electron chi connectivity index (χ2n) is 9.39. The van der Waals surface area contributed by atoms with Gasteiger partial charge in [0.25, 0.3) is 0 Å². The highest BCUT2D eigenvalue weighted by Crippen LogP contribution is 2.24. The van der Waals surface area contributed by atoms with E-state index < -0.39 is 0 Å². The number of nitrogens with one attached hydrogen (secondary N) is 2. The summed E-state index contributed by atoms with van der Waals surface area (Å²) < 4.78 is 11.4. The zero-order chi connectivity index (χ0) is 25.3. The zero-order valence-electron chi connectivity index (χ0n) is 21.6. The summed E-state index contributed by atoms with van der Waals surface area (Å²) in [5.41, 5.74) is 4.05. The van der Waals surface area contributed by atoms with Gasteiger partial charge in [0.1, 0.15) is 5.84 Å². The summed E-state index contributed by atoms with van der Waals surface area (Å²) in [5.74, 6) is 0.893. The first kappa shape index (κ1) is 25.9. The molecule has 0 aromatic heterocycles. The first-order chi connectivity index (χ1) is 17.5. The molecule has 4 rings (SSSR count). The molecule has 0 radical (unpaired) electrons. The summed E-state index contributed by atoms with van der Waals surface area (Å²) in [6.07, 6.45) is 6.21. The highest BCUT2D eigenvalue weighted by atomic mass is 16.5. The third kappa shape index (κ3) is 6.73. The van der Waals surface area contributed by atoms with E-state index in [0.717, 1.165) is 49.1 Å². The maximum atomic E-state index is 12.4. The lowest BCUT2D eigenvalue weighted by Gasteiger charge is -2.34. The lowest BCUT2D eigenvalue weighted by Crippen LogP contribution is -2.51. The van der Waals surface area contributed by atoms with Crippen molar-refractivity contribution >= 4 is 28.8 Å². The van der Waals surface area contributed by atoms with Gasteiger partial charge >= 0.3 is 0 Å². The molecular formula is C27H38N6O3. The molecule has 0 bridgehead atoms. The summed E-state index contributed by atoms with van der Waals surface area (Å²) in [6, 6.07) is 8.56. The Morgan fingerprint density at radius 3 is 2.69 bits per heavy atom. The Hall–Kier alpha value is -3.17. The van der Waals surface area contributed by atoms with Crippen LogP contribution < -0.4 is 15.5 Å². The van der Waals surface area contributed by atoms with Gasteiger partial charge < -0.3 is 29.9 Å². The number of anilines is 1.